The second kappa shape index (κ2) is 6.49. The van der Waals surface area contributed by atoms with Gasteiger partial charge in [-0.3, -0.25) is 10.1 Å². The van der Waals surface area contributed by atoms with E-state index >= 15 is 0 Å². The van der Waals surface area contributed by atoms with Gasteiger partial charge in [-0.1, -0.05) is 0 Å². The second-order valence-corrected chi connectivity index (χ2v) is 4.39. The van der Waals surface area contributed by atoms with Crippen LogP contribution in [-0.4, -0.2) is 17.3 Å². The van der Waals surface area contributed by atoms with Crippen molar-refractivity contribution in [1.29, 1.82) is 0 Å². The lowest BCUT2D eigenvalue weighted by atomic mass is 10.1. The van der Waals surface area contributed by atoms with E-state index in [1.165, 1.54) is 6.07 Å². The van der Waals surface area contributed by atoms with Crippen LogP contribution in [0.2, 0.25) is 0 Å². The Hall–Kier alpha value is -1.23. The summed E-state index contributed by atoms with van der Waals surface area (Å²) in [5, 5.41) is 10.8. The van der Waals surface area contributed by atoms with Crippen molar-refractivity contribution in [2.75, 3.05) is 12.4 Å². The van der Waals surface area contributed by atoms with Gasteiger partial charge in [0.1, 0.15) is 5.75 Å². The average molecular weight is 255 g/mol. The Balaban J connectivity index is 2.77. The van der Waals surface area contributed by atoms with Crippen LogP contribution in [0.5, 0.6) is 5.75 Å². The summed E-state index contributed by atoms with van der Waals surface area (Å²) in [4.78, 5) is 10.4. The predicted molar refractivity (Wildman–Crippen MR) is 71.2 cm³/mol. The number of nitro groups is 1. The van der Waals surface area contributed by atoms with E-state index < -0.39 is 0 Å². The average Bonchev–Trinajstić information content (AvgIpc) is 2.26. The predicted octanol–water partition coefficient (Wildman–Crippen LogP) is 3.30. The molecule has 0 atom stereocenters. The van der Waals surface area contributed by atoms with Crippen LogP contribution >= 0.6 is 12.6 Å². The first-order chi connectivity index (χ1) is 8.06. The lowest BCUT2D eigenvalue weighted by Gasteiger charge is -2.09. The Morgan fingerprint density at radius 1 is 1.29 bits per heavy atom. The first kappa shape index (κ1) is 13.8. The zero-order valence-corrected chi connectivity index (χ0v) is 11.0. The molecule has 0 aliphatic heterocycles. The summed E-state index contributed by atoms with van der Waals surface area (Å²) in [7, 11) is 0. The molecule has 5 heteroatoms. The molecule has 0 N–H and O–H groups in total. The second-order valence-electron chi connectivity index (χ2n) is 3.94. The smallest absolute Gasteiger partial charge is 0.276 e. The highest BCUT2D eigenvalue weighted by Gasteiger charge is 2.14. The zero-order valence-electron chi connectivity index (χ0n) is 10.1. The summed E-state index contributed by atoms with van der Waals surface area (Å²) < 4.78 is 5.55. The first-order valence-corrected chi connectivity index (χ1v) is 6.18. The van der Waals surface area contributed by atoms with Gasteiger partial charge in [0.25, 0.3) is 5.69 Å². The maximum atomic E-state index is 10.8. The Labute approximate surface area is 107 Å². The fraction of sp³-hybridized carbons (Fsp3) is 0.500. The molecule has 94 valence electrons. The summed E-state index contributed by atoms with van der Waals surface area (Å²) in [6, 6.07) is 3.29. The van der Waals surface area contributed by atoms with Crippen molar-refractivity contribution in [2.24, 2.45) is 0 Å². The van der Waals surface area contributed by atoms with Gasteiger partial charge in [-0.15, -0.1) is 0 Å². The largest absolute Gasteiger partial charge is 0.493 e. The number of ether oxygens (including phenoxy) is 1. The molecule has 0 unspecified atom stereocenters. The fourth-order valence-corrected chi connectivity index (χ4v) is 1.79. The van der Waals surface area contributed by atoms with Gasteiger partial charge in [-0.05, 0) is 44.1 Å². The van der Waals surface area contributed by atoms with Crippen LogP contribution < -0.4 is 4.74 Å². The summed E-state index contributed by atoms with van der Waals surface area (Å²) in [5.41, 5.74) is 1.70. The molecule has 0 heterocycles. The molecule has 17 heavy (non-hydrogen) atoms. The van der Waals surface area contributed by atoms with Crippen molar-refractivity contribution in [2.45, 2.75) is 26.7 Å². The maximum absolute atomic E-state index is 10.8. The summed E-state index contributed by atoms with van der Waals surface area (Å²) in [5.74, 6) is 1.43. The highest BCUT2D eigenvalue weighted by atomic mass is 32.1. The van der Waals surface area contributed by atoms with Crippen molar-refractivity contribution < 1.29 is 9.66 Å². The van der Waals surface area contributed by atoms with Crippen LogP contribution in [0.3, 0.4) is 0 Å². The number of unbranched alkanes of at least 4 members (excludes halogenated alkanes) is 1. The minimum absolute atomic E-state index is 0.111. The van der Waals surface area contributed by atoms with E-state index in [1.807, 2.05) is 6.92 Å². The van der Waals surface area contributed by atoms with Crippen LogP contribution in [0.1, 0.15) is 24.0 Å². The zero-order chi connectivity index (χ0) is 12.8. The Bertz CT molecular complexity index is 407. The molecule has 0 aromatic heterocycles. The summed E-state index contributed by atoms with van der Waals surface area (Å²) >= 11 is 4.11. The summed E-state index contributed by atoms with van der Waals surface area (Å²) in [6.45, 7) is 4.20. The van der Waals surface area contributed by atoms with Crippen molar-refractivity contribution >= 4 is 18.3 Å². The molecule has 1 aromatic rings. The quantitative estimate of drug-likeness (QED) is 0.367. The van der Waals surface area contributed by atoms with Gasteiger partial charge in [0, 0.05) is 5.56 Å². The molecule has 0 amide bonds. The number of thiol groups is 1. The number of benzene rings is 1. The summed E-state index contributed by atoms with van der Waals surface area (Å²) in [6.07, 6.45) is 1.89. The van der Waals surface area contributed by atoms with Gasteiger partial charge in [0.15, 0.2) is 0 Å². The highest BCUT2D eigenvalue weighted by Crippen LogP contribution is 2.28. The number of aryl methyl sites for hydroxylation is 2. The van der Waals surface area contributed by atoms with E-state index in [9.17, 15) is 10.1 Å². The lowest BCUT2D eigenvalue weighted by molar-refractivity contribution is -0.385. The molecular formula is C12H17NO3S. The number of hydrogen-bond acceptors (Lipinski definition) is 4. The van der Waals surface area contributed by atoms with Crippen LogP contribution in [0.15, 0.2) is 12.1 Å². The molecule has 0 aliphatic rings. The van der Waals surface area contributed by atoms with Crippen LogP contribution in [0.4, 0.5) is 5.69 Å². The number of nitro benzene ring substituents is 1. The van der Waals surface area contributed by atoms with E-state index in [0.29, 0.717) is 17.9 Å². The molecule has 0 aliphatic carbocycles. The topological polar surface area (TPSA) is 52.4 Å². The molecule has 4 nitrogen and oxygen atoms in total. The first-order valence-electron chi connectivity index (χ1n) is 5.55. The Morgan fingerprint density at radius 2 is 2.00 bits per heavy atom. The van der Waals surface area contributed by atoms with Crippen molar-refractivity contribution in [3.8, 4) is 5.75 Å². The number of nitrogens with zero attached hydrogens (tertiary/aromatic N) is 1. The molecular weight excluding hydrogens is 238 g/mol. The van der Waals surface area contributed by atoms with E-state index in [1.54, 1.807) is 13.0 Å². The van der Waals surface area contributed by atoms with E-state index in [2.05, 4.69) is 12.6 Å². The van der Waals surface area contributed by atoms with Gasteiger partial charge in [-0.25, -0.2) is 0 Å². The van der Waals surface area contributed by atoms with Crippen molar-refractivity contribution in [3.63, 3.8) is 0 Å². The van der Waals surface area contributed by atoms with Crippen molar-refractivity contribution in [1.82, 2.24) is 0 Å². The molecule has 0 bridgehead atoms. The van der Waals surface area contributed by atoms with E-state index in [0.717, 1.165) is 24.2 Å². The molecule has 1 rings (SSSR count). The number of rotatable bonds is 6. The minimum atomic E-state index is -0.380. The van der Waals surface area contributed by atoms with Gasteiger partial charge in [0.2, 0.25) is 0 Å². The SMILES string of the molecule is Cc1cc(C)c([N+](=O)[O-])cc1OCCCCS. The van der Waals surface area contributed by atoms with E-state index in [-0.39, 0.29) is 10.6 Å². The lowest BCUT2D eigenvalue weighted by Crippen LogP contribution is -2.01. The number of hydrogen-bond donors (Lipinski definition) is 1. The Kier molecular flexibility index (Phi) is 5.28. The maximum Gasteiger partial charge on any atom is 0.276 e. The third-order valence-corrected chi connectivity index (χ3v) is 2.82. The molecule has 1 aromatic carbocycles. The van der Waals surface area contributed by atoms with Crippen LogP contribution in [-0.2, 0) is 0 Å². The molecule has 0 saturated heterocycles. The monoisotopic (exact) mass is 255 g/mol. The standard InChI is InChI=1S/C12H17NO3S/c1-9-7-10(2)12(8-11(9)13(14)15)16-5-3-4-6-17/h7-8,17H,3-6H2,1-2H3. The van der Waals surface area contributed by atoms with Gasteiger partial charge < -0.3 is 4.74 Å². The third kappa shape index (κ3) is 3.93. The molecule has 0 spiro atoms. The molecule has 0 radical (unpaired) electrons. The molecule has 0 saturated carbocycles. The van der Waals surface area contributed by atoms with Crippen LogP contribution in [0, 0.1) is 24.0 Å². The van der Waals surface area contributed by atoms with Crippen molar-refractivity contribution in [3.05, 3.63) is 33.4 Å². The minimum Gasteiger partial charge on any atom is -0.493 e. The molecule has 0 fully saturated rings. The highest BCUT2D eigenvalue weighted by molar-refractivity contribution is 7.80. The Morgan fingerprint density at radius 3 is 2.59 bits per heavy atom. The fourth-order valence-electron chi connectivity index (χ4n) is 1.57. The van der Waals surface area contributed by atoms with Gasteiger partial charge >= 0.3 is 0 Å². The van der Waals surface area contributed by atoms with Gasteiger partial charge in [-0.2, -0.15) is 12.6 Å². The third-order valence-electron chi connectivity index (χ3n) is 2.50. The van der Waals surface area contributed by atoms with Crippen LogP contribution in [0.25, 0.3) is 0 Å². The van der Waals surface area contributed by atoms with Gasteiger partial charge in [0.05, 0.1) is 17.6 Å². The van der Waals surface area contributed by atoms with E-state index in [4.69, 9.17) is 4.74 Å². The normalized spacial score (nSPS) is 10.3.